The Morgan fingerprint density at radius 3 is 2.68 bits per heavy atom. The van der Waals surface area contributed by atoms with Crippen molar-refractivity contribution in [2.75, 3.05) is 6.54 Å². The minimum Gasteiger partial charge on any atom is -0.479 e. The van der Waals surface area contributed by atoms with Crippen LogP contribution in [-0.4, -0.2) is 33.3 Å². The molecule has 0 aliphatic heterocycles. The number of carboxylic acid groups (broad SMARTS) is 1. The molecule has 1 aromatic heterocycles. The van der Waals surface area contributed by atoms with Gasteiger partial charge in [-0.05, 0) is 12.8 Å². The number of carbonyl (C=O) groups is 2. The Bertz CT molecular complexity index is 487. The number of rotatable bonds is 5. The zero-order valence-corrected chi connectivity index (χ0v) is 10.8. The number of nitrogens with two attached hydrogens (primary N) is 1. The molecule has 1 fully saturated rings. The first-order valence-electron chi connectivity index (χ1n) is 6.21. The number of nitrogens with one attached hydrogen (secondary N) is 1. The lowest BCUT2D eigenvalue weighted by Crippen LogP contribution is -2.52. The van der Waals surface area contributed by atoms with E-state index in [0.29, 0.717) is 18.4 Å². The first kappa shape index (κ1) is 13.5. The van der Waals surface area contributed by atoms with Gasteiger partial charge in [-0.1, -0.05) is 6.42 Å². The minimum absolute atomic E-state index is 0.248. The summed E-state index contributed by atoms with van der Waals surface area (Å²) < 4.78 is 1.50. The van der Waals surface area contributed by atoms with Gasteiger partial charge in [0.2, 0.25) is 5.91 Å². The summed E-state index contributed by atoms with van der Waals surface area (Å²) in [6, 6.07) is -1.08. The number of hydrogen-bond donors (Lipinski definition) is 3. The fourth-order valence-corrected chi connectivity index (χ4v) is 2.29. The second-order valence-corrected chi connectivity index (χ2v) is 5.03. The van der Waals surface area contributed by atoms with E-state index in [0.717, 1.165) is 6.42 Å². The van der Waals surface area contributed by atoms with Gasteiger partial charge in [-0.3, -0.25) is 9.48 Å². The molecule has 0 radical (unpaired) electrons. The number of carbonyl (C=O) groups excluding carboxylic acids is 1. The number of aromatic nitrogens is 2. The fraction of sp³-hybridized carbons (Fsp3) is 0.583. The van der Waals surface area contributed by atoms with Crippen molar-refractivity contribution >= 4 is 11.9 Å². The lowest BCUT2D eigenvalue weighted by atomic mass is 9.68. The molecule has 1 aliphatic carbocycles. The Kier molecular flexibility index (Phi) is 3.57. The van der Waals surface area contributed by atoms with Crippen LogP contribution in [-0.2, 0) is 16.6 Å². The third-order valence-electron chi connectivity index (χ3n) is 3.76. The molecule has 4 N–H and O–H groups in total. The van der Waals surface area contributed by atoms with Crippen molar-refractivity contribution in [2.45, 2.75) is 25.3 Å². The molecule has 1 amide bonds. The zero-order valence-electron chi connectivity index (χ0n) is 10.8. The van der Waals surface area contributed by atoms with Crippen LogP contribution >= 0.6 is 0 Å². The third-order valence-corrected chi connectivity index (χ3v) is 3.76. The Morgan fingerprint density at radius 1 is 1.63 bits per heavy atom. The van der Waals surface area contributed by atoms with E-state index in [-0.39, 0.29) is 12.5 Å². The van der Waals surface area contributed by atoms with E-state index in [1.165, 1.54) is 10.9 Å². The van der Waals surface area contributed by atoms with Gasteiger partial charge in [0.1, 0.15) is 0 Å². The summed E-state index contributed by atoms with van der Waals surface area (Å²) in [5.74, 6) is -1.38. The van der Waals surface area contributed by atoms with Gasteiger partial charge in [0.05, 0.1) is 11.6 Å². The molecule has 1 aromatic rings. The number of aliphatic carboxylic acids is 1. The molecule has 1 unspecified atom stereocenters. The third kappa shape index (κ3) is 2.46. The monoisotopic (exact) mass is 266 g/mol. The smallest absolute Gasteiger partial charge is 0.331 e. The summed E-state index contributed by atoms with van der Waals surface area (Å²) in [5.41, 5.74) is 5.51. The minimum atomic E-state index is -1.10. The summed E-state index contributed by atoms with van der Waals surface area (Å²) >= 11 is 0. The molecule has 104 valence electrons. The van der Waals surface area contributed by atoms with Crippen molar-refractivity contribution in [1.82, 2.24) is 15.1 Å². The van der Waals surface area contributed by atoms with Crippen molar-refractivity contribution in [3.05, 3.63) is 18.0 Å². The molecule has 19 heavy (non-hydrogen) atoms. The van der Waals surface area contributed by atoms with Crippen LogP contribution in [0.3, 0.4) is 0 Å². The fourth-order valence-electron chi connectivity index (χ4n) is 2.29. The molecule has 2 rings (SSSR count). The Labute approximate surface area is 110 Å². The number of amides is 1. The number of nitrogens with zero attached hydrogens (tertiary/aromatic N) is 2. The van der Waals surface area contributed by atoms with Crippen LogP contribution in [0, 0.1) is 5.41 Å². The predicted octanol–water partition coefficient (Wildman–Crippen LogP) is -0.209. The summed E-state index contributed by atoms with van der Waals surface area (Å²) in [4.78, 5) is 23.5. The molecule has 1 saturated carbocycles. The van der Waals surface area contributed by atoms with Crippen LogP contribution < -0.4 is 11.1 Å². The molecular formula is C12H18N4O3. The van der Waals surface area contributed by atoms with E-state index in [1.54, 1.807) is 13.2 Å². The molecule has 0 spiro atoms. The van der Waals surface area contributed by atoms with Crippen LogP contribution in [0.25, 0.3) is 0 Å². The first-order chi connectivity index (χ1) is 8.98. The molecule has 0 saturated heterocycles. The van der Waals surface area contributed by atoms with Gasteiger partial charge in [-0.25, -0.2) is 4.79 Å². The average Bonchev–Trinajstić information content (AvgIpc) is 2.71. The van der Waals surface area contributed by atoms with E-state index >= 15 is 0 Å². The van der Waals surface area contributed by atoms with E-state index < -0.39 is 17.4 Å². The van der Waals surface area contributed by atoms with Crippen molar-refractivity contribution < 1.29 is 14.7 Å². The van der Waals surface area contributed by atoms with Crippen molar-refractivity contribution in [2.24, 2.45) is 18.2 Å². The van der Waals surface area contributed by atoms with Crippen molar-refractivity contribution in [3.8, 4) is 0 Å². The number of carboxylic acids is 1. The van der Waals surface area contributed by atoms with Crippen LogP contribution in [0.15, 0.2) is 12.4 Å². The molecular weight excluding hydrogens is 248 g/mol. The molecule has 0 aromatic carbocycles. The van der Waals surface area contributed by atoms with Gasteiger partial charge >= 0.3 is 5.97 Å². The van der Waals surface area contributed by atoms with E-state index in [4.69, 9.17) is 5.73 Å². The second kappa shape index (κ2) is 5.00. The molecule has 1 aliphatic rings. The van der Waals surface area contributed by atoms with Crippen molar-refractivity contribution in [3.63, 3.8) is 0 Å². The number of aryl methyl sites for hydroxylation is 1. The van der Waals surface area contributed by atoms with Crippen LogP contribution in [0.1, 0.15) is 30.9 Å². The Balaban J connectivity index is 2.13. The molecule has 7 heteroatoms. The standard InChI is InChI=1S/C12H18N4O3/c1-16-6-8(5-14-16)9(10(17)18)15-11(19)12(7-13)3-2-4-12/h5-6,9H,2-4,7,13H2,1H3,(H,15,19)(H,17,18). The Hall–Kier alpha value is -1.89. The van der Waals surface area contributed by atoms with E-state index in [1.807, 2.05) is 0 Å². The van der Waals surface area contributed by atoms with Crippen LogP contribution in [0.4, 0.5) is 0 Å². The molecule has 1 atom stereocenters. The van der Waals surface area contributed by atoms with Gasteiger partial charge in [-0.15, -0.1) is 0 Å². The van der Waals surface area contributed by atoms with Gasteiger partial charge in [-0.2, -0.15) is 5.10 Å². The highest BCUT2D eigenvalue weighted by molar-refractivity contribution is 5.88. The quantitative estimate of drug-likeness (QED) is 0.683. The molecule has 0 bridgehead atoms. The normalized spacial score (nSPS) is 18.4. The summed E-state index contributed by atoms with van der Waals surface area (Å²) in [5, 5.41) is 15.7. The average molecular weight is 266 g/mol. The lowest BCUT2D eigenvalue weighted by Gasteiger charge is -2.39. The summed E-state index contributed by atoms with van der Waals surface area (Å²) in [6.07, 6.45) is 5.41. The Morgan fingerprint density at radius 2 is 2.32 bits per heavy atom. The van der Waals surface area contributed by atoms with Crippen LogP contribution in [0.2, 0.25) is 0 Å². The maximum Gasteiger partial charge on any atom is 0.331 e. The number of hydrogen-bond acceptors (Lipinski definition) is 4. The SMILES string of the molecule is Cn1cc(C(NC(=O)C2(CN)CCC2)C(=O)O)cn1. The highest BCUT2D eigenvalue weighted by Gasteiger charge is 2.44. The van der Waals surface area contributed by atoms with Crippen LogP contribution in [0.5, 0.6) is 0 Å². The highest BCUT2D eigenvalue weighted by atomic mass is 16.4. The van der Waals surface area contributed by atoms with Gasteiger partial charge in [0.15, 0.2) is 6.04 Å². The van der Waals surface area contributed by atoms with E-state index in [9.17, 15) is 14.7 Å². The van der Waals surface area contributed by atoms with Crippen molar-refractivity contribution in [1.29, 1.82) is 0 Å². The van der Waals surface area contributed by atoms with Gasteiger partial charge in [0, 0.05) is 25.4 Å². The lowest BCUT2D eigenvalue weighted by molar-refractivity contribution is -0.145. The van der Waals surface area contributed by atoms with Gasteiger partial charge < -0.3 is 16.2 Å². The predicted molar refractivity (Wildman–Crippen MR) is 67.1 cm³/mol. The zero-order chi connectivity index (χ0) is 14.0. The maximum atomic E-state index is 12.2. The van der Waals surface area contributed by atoms with Gasteiger partial charge in [0.25, 0.3) is 0 Å². The maximum absolute atomic E-state index is 12.2. The summed E-state index contributed by atoms with van der Waals surface area (Å²) in [7, 11) is 1.69. The van der Waals surface area contributed by atoms with E-state index in [2.05, 4.69) is 10.4 Å². The summed E-state index contributed by atoms with van der Waals surface area (Å²) in [6.45, 7) is 0.248. The molecule has 1 heterocycles. The largest absolute Gasteiger partial charge is 0.479 e. The first-order valence-corrected chi connectivity index (χ1v) is 6.21. The topological polar surface area (TPSA) is 110 Å². The second-order valence-electron chi connectivity index (χ2n) is 5.03. The molecule has 7 nitrogen and oxygen atoms in total. The highest BCUT2D eigenvalue weighted by Crippen LogP contribution is 2.40.